The van der Waals surface area contributed by atoms with E-state index >= 15 is 0 Å². The highest BCUT2D eigenvalue weighted by atomic mass is 16.5. The summed E-state index contributed by atoms with van der Waals surface area (Å²) in [5.41, 5.74) is 0. The molecule has 1 aliphatic heterocycles. The summed E-state index contributed by atoms with van der Waals surface area (Å²) < 4.78 is 4.97. The standard InChI is InChI=1S/C12H24N2O3/c1-9(8-17-3)13-12(16)14-6-4-11(5-7-14)10(2)15/h9-11,15H,4-8H2,1-3H3,(H,13,16)/t9-,10-/m0/s1. The van der Waals surface area contributed by atoms with Gasteiger partial charge in [-0.25, -0.2) is 4.79 Å². The van der Waals surface area contributed by atoms with Crippen molar-refractivity contribution in [2.45, 2.75) is 38.8 Å². The van der Waals surface area contributed by atoms with Crippen LogP contribution in [0.5, 0.6) is 0 Å². The van der Waals surface area contributed by atoms with Crippen LogP contribution in [0.1, 0.15) is 26.7 Å². The van der Waals surface area contributed by atoms with Crippen molar-refractivity contribution in [2.75, 3.05) is 26.8 Å². The molecule has 0 aromatic carbocycles. The Morgan fingerprint density at radius 2 is 2.06 bits per heavy atom. The van der Waals surface area contributed by atoms with Gasteiger partial charge in [0.2, 0.25) is 0 Å². The van der Waals surface area contributed by atoms with Crippen molar-refractivity contribution in [2.24, 2.45) is 5.92 Å². The summed E-state index contributed by atoms with van der Waals surface area (Å²) in [7, 11) is 1.62. The van der Waals surface area contributed by atoms with E-state index in [0.29, 0.717) is 12.5 Å². The highest BCUT2D eigenvalue weighted by molar-refractivity contribution is 5.74. The van der Waals surface area contributed by atoms with E-state index in [-0.39, 0.29) is 18.2 Å². The van der Waals surface area contributed by atoms with Crippen LogP contribution in [0.25, 0.3) is 0 Å². The van der Waals surface area contributed by atoms with Crippen LogP contribution >= 0.6 is 0 Å². The second-order valence-corrected chi connectivity index (χ2v) is 4.87. The first-order valence-electron chi connectivity index (χ1n) is 6.27. The van der Waals surface area contributed by atoms with Crippen molar-refractivity contribution in [3.8, 4) is 0 Å². The first kappa shape index (κ1) is 14.3. The van der Waals surface area contributed by atoms with Gasteiger partial charge in [-0.1, -0.05) is 0 Å². The lowest BCUT2D eigenvalue weighted by Gasteiger charge is -2.33. The maximum atomic E-state index is 11.9. The SMILES string of the molecule is COC[C@H](C)NC(=O)N1CCC([C@H](C)O)CC1. The summed E-state index contributed by atoms with van der Waals surface area (Å²) >= 11 is 0. The first-order chi connectivity index (χ1) is 8.04. The van der Waals surface area contributed by atoms with Crippen molar-refractivity contribution < 1.29 is 14.6 Å². The van der Waals surface area contributed by atoms with Crippen molar-refractivity contribution >= 4 is 6.03 Å². The minimum Gasteiger partial charge on any atom is -0.393 e. The van der Waals surface area contributed by atoms with Gasteiger partial charge >= 0.3 is 6.03 Å². The summed E-state index contributed by atoms with van der Waals surface area (Å²) in [5, 5.41) is 12.4. The Morgan fingerprint density at radius 3 is 2.53 bits per heavy atom. The molecule has 1 rings (SSSR count). The van der Waals surface area contributed by atoms with E-state index in [1.54, 1.807) is 7.11 Å². The molecule has 0 bridgehead atoms. The number of aliphatic hydroxyl groups excluding tert-OH is 1. The van der Waals surface area contributed by atoms with Gasteiger partial charge in [-0.2, -0.15) is 0 Å². The van der Waals surface area contributed by atoms with Crippen LogP contribution in [-0.2, 0) is 4.74 Å². The second-order valence-electron chi connectivity index (χ2n) is 4.87. The maximum absolute atomic E-state index is 11.9. The smallest absolute Gasteiger partial charge is 0.317 e. The first-order valence-corrected chi connectivity index (χ1v) is 6.27. The van der Waals surface area contributed by atoms with Gasteiger partial charge in [0.25, 0.3) is 0 Å². The van der Waals surface area contributed by atoms with E-state index in [1.807, 2.05) is 18.7 Å². The highest BCUT2D eigenvalue weighted by Crippen LogP contribution is 2.20. The molecule has 2 amide bonds. The number of rotatable bonds is 4. The monoisotopic (exact) mass is 244 g/mol. The summed E-state index contributed by atoms with van der Waals surface area (Å²) in [6.45, 7) is 5.71. The molecule has 0 aromatic heterocycles. The minimum atomic E-state index is -0.271. The van der Waals surface area contributed by atoms with Crippen molar-refractivity contribution in [3.63, 3.8) is 0 Å². The fraction of sp³-hybridized carbons (Fsp3) is 0.917. The topological polar surface area (TPSA) is 61.8 Å². The number of amides is 2. The van der Waals surface area contributed by atoms with Crippen LogP contribution in [0.3, 0.4) is 0 Å². The van der Waals surface area contributed by atoms with Crippen LogP contribution in [0.15, 0.2) is 0 Å². The lowest BCUT2D eigenvalue weighted by atomic mass is 9.92. The van der Waals surface area contributed by atoms with E-state index < -0.39 is 0 Å². The predicted molar refractivity (Wildman–Crippen MR) is 65.8 cm³/mol. The molecule has 1 aliphatic rings. The highest BCUT2D eigenvalue weighted by Gasteiger charge is 2.25. The zero-order valence-corrected chi connectivity index (χ0v) is 11.0. The molecule has 1 fully saturated rings. The van der Waals surface area contributed by atoms with Crippen molar-refractivity contribution in [1.82, 2.24) is 10.2 Å². The van der Waals surface area contributed by atoms with Gasteiger partial charge in [0.15, 0.2) is 0 Å². The maximum Gasteiger partial charge on any atom is 0.317 e. The number of piperidine rings is 1. The van der Waals surface area contributed by atoms with Crippen molar-refractivity contribution in [3.05, 3.63) is 0 Å². The van der Waals surface area contributed by atoms with Gasteiger partial charge in [0.05, 0.1) is 18.8 Å². The molecule has 17 heavy (non-hydrogen) atoms. The fourth-order valence-electron chi connectivity index (χ4n) is 2.18. The molecular weight excluding hydrogens is 220 g/mol. The molecule has 5 nitrogen and oxygen atoms in total. The Morgan fingerprint density at radius 1 is 1.47 bits per heavy atom. The molecular formula is C12H24N2O3. The number of carbonyl (C=O) groups is 1. The van der Waals surface area contributed by atoms with E-state index in [4.69, 9.17) is 4.74 Å². The molecule has 0 aliphatic carbocycles. The molecule has 1 heterocycles. The zero-order valence-electron chi connectivity index (χ0n) is 11.0. The average Bonchev–Trinajstić information content (AvgIpc) is 2.29. The van der Waals surface area contributed by atoms with Gasteiger partial charge in [-0.3, -0.25) is 0 Å². The summed E-state index contributed by atoms with van der Waals surface area (Å²) in [5.74, 6) is 0.329. The van der Waals surface area contributed by atoms with Gasteiger partial charge in [0, 0.05) is 20.2 Å². The molecule has 2 atom stereocenters. The number of nitrogens with one attached hydrogen (secondary N) is 1. The van der Waals surface area contributed by atoms with E-state index in [9.17, 15) is 9.90 Å². The Kier molecular flexibility index (Phi) is 5.71. The zero-order chi connectivity index (χ0) is 12.8. The molecule has 0 saturated carbocycles. The third-order valence-corrected chi connectivity index (χ3v) is 3.30. The lowest BCUT2D eigenvalue weighted by molar-refractivity contribution is 0.0784. The number of ether oxygens (including phenoxy) is 1. The number of nitrogens with zero attached hydrogens (tertiary/aromatic N) is 1. The average molecular weight is 244 g/mol. The van der Waals surface area contributed by atoms with Gasteiger partial charge in [-0.15, -0.1) is 0 Å². The van der Waals surface area contributed by atoms with Gasteiger partial charge in [-0.05, 0) is 32.6 Å². The second kappa shape index (κ2) is 6.81. The third-order valence-electron chi connectivity index (χ3n) is 3.30. The molecule has 0 spiro atoms. The minimum absolute atomic E-state index is 0.0291. The lowest BCUT2D eigenvalue weighted by Crippen LogP contribution is -2.49. The Balaban J connectivity index is 2.30. The molecule has 1 saturated heterocycles. The van der Waals surface area contributed by atoms with Crippen LogP contribution in [0.2, 0.25) is 0 Å². The van der Waals surface area contributed by atoms with Gasteiger partial charge < -0.3 is 20.1 Å². The van der Waals surface area contributed by atoms with Crippen LogP contribution in [0.4, 0.5) is 4.79 Å². The number of urea groups is 1. The van der Waals surface area contributed by atoms with Crippen LogP contribution in [-0.4, -0.2) is 55.0 Å². The van der Waals surface area contributed by atoms with E-state index in [0.717, 1.165) is 25.9 Å². The quantitative estimate of drug-likeness (QED) is 0.770. The van der Waals surface area contributed by atoms with E-state index in [1.165, 1.54) is 0 Å². The normalized spacial score (nSPS) is 21.1. The number of hydrogen-bond donors (Lipinski definition) is 2. The number of carbonyl (C=O) groups excluding carboxylic acids is 1. The number of methoxy groups -OCH3 is 1. The Labute approximate surface area is 103 Å². The number of hydrogen-bond acceptors (Lipinski definition) is 3. The van der Waals surface area contributed by atoms with Crippen LogP contribution in [0, 0.1) is 5.92 Å². The van der Waals surface area contributed by atoms with Crippen molar-refractivity contribution in [1.29, 1.82) is 0 Å². The fourth-order valence-corrected chi connectivity index (χ4v) is 2.18. The summed E-state index contributed by atoms with van der Waals surface area (Å²) in [6.07, 6.45) is 1.49. The number of aliphatic hydroxyl groups is 1. The molecule has 100 valence electrons. The summed E-state index contributed by atoms with van der Waals surface area (Å²) in [6, 6.07) is 0.000539. The molecule has 0 radical (unpaired) electrons. The van der Waals surface area contributed by atoms with Crippen LogP contribution < -0.4 is 5.32 Å². The molecule has 0 unspecified atom stereocenters. The molecule has 5 heteroatoms. The van der Waals surface area contributed by atoms with Gasteiger partial charge in [0.1, 0.15) is 0 Å². The largest absolute Gasteiger partial charge is 0.393 e. The van der Waals surface area contributed by atoms with E-state index in [2.05, 4.69) is 5.32 Å². The third kappa shape index (κ3) is 4.52. The Hall–Kier alpha value is -0.810. The molecule has 0 aromatic rings. The summed E-state index contributed by atoms with van der Waals surface area (Å²) in [4.78, 5) is 13.7. The Bertz CT molecular complexity index is 238. The molecule has 2 N–H and O–H groups in total. The number of likely N-dealkylation sites (tertiary alicyclic amines) is 1. The predicted octanol–water partition coefficient (Wildman–Crippen LogP) is 0.824.